The summed E-state index contributed by atoms with van der Waals surface area (Å²) >= 11 is 0. The van der Waals surface area contributed by atoms with E-state index in [-0.39, 0.29) is 31.3 Å². The SMILES string of the molecule is CC(=O)[O-].O.[Sc+3]. The average Bonchev–Trinajstić information content (AvgIpc) is 0.811. The Morgan fingerprint density at radius 1 is 1.67 bits per heavy atom. The van der Waals surface area contributed by atoms with Crippen molar-refractivity contribution < 1.29 is 41.2 Å². The molecule has 0 saturated heterocycles. The largest absolute Gasteiger partial charge is 3.00 e. The van der Waals surface area contributed by atoms with E-state index in [1.807, 2.05) is 0 Å². The third-order valence-corrected chi connectivity index (χ3v) is 0. The quantitative estimate of drug-likeness (QED) is 0.370. The van der Waals surface area contributed by atoms with Crippen LogP contribution in [0, 0.1) is 0 Å². The van der Waals surface area contributed by atoms with Crippen LogP contribution in [0.2, 0.25) is 0 Å². The van der Waals surface area contributed by atoms with Crippen molar-refractivity contribution in [1.29, 1.82) is 0 Å². The van der Waals surface area contributed by atoms with E-state index in [2.05, 4.69) is 0 Å². The number of aliphatic carboxylic acids is 1. The Morgan fingerprint density at radius 2 is 1.67 bits per heavy atom. The summed E-state index contributed by atoms with van der Waals surface area (Å²) in [4.78, 5) is 8.89. The van der Waals surface area contributed by atoms with Crippen molar-refractivity contribution >= 4 is 5.97 Å². The van der Waals surface area contributed by atoms with E-state index in [4.69, 9.17) is 9.90 Å². The molecule has 0 aliphatic heterocycles. The monoisotopic (exact) mass is 122 g/mol. The number of hydrogen-bond acceptors (Lipinski definition) is 2. The molecule has 0 aromatic carbocycles. The molecule has 4 heteroatoms. The van der Waals surface area contributed by atoms with Crippen LogP contribution in [-0.4, -0.2) is 11.4 Å². The molecule has 0 aliphatic carbocycles. The van der Waals surface area contributed by atoms with E-state index >= 15 is 0 Å². The maximum Gasteiger partial charge on any atom is 3.00 e. The molecule has 0 amide bonds. The number of carboxylic acids is 1. The van der Waals surface area contributed by atoms with Gasteiger partial charge < -0.3 is 15.4 Å². The molecule has 0 saturated carbocycles. The summed E-state index contributed by atoms with van der Waals surface area (Å²) in [6, 6.07) is 0. The number of carbonyl (C=O) groups is 1. The first kappa shape index (κ1) is 16.3. The van der Waals surface area contributed by atoms with E-state index in [0.29, 0.717) is 0 Å². The summed E-state index contributed by atoms with van der Waals surface area (Å²) in [5.41, 5.74) is 0. The Bertz CT molecular complexity index is 31.8. The summed E-state index contributed by atoms with van der Waals surface area (Å²) < 4.78 is 0. The minimum absolute atomic E-state index is 0. The van der Waals surface area contributed by atoms with Gasteiger partial charge in [0.2, 0.25) is 0 Å². The number of carbonyl (C=O) groups excluding carboxylic acids is 1. The fraction of sp³-hybridized carbons (Fsp3) is 0.500. The van der Waals surface area contributed by atoms with Gasteiger partial charge in [0.1, 0.15) is 0 Å². The minimum Gasteiger partial charge on any atom is -0.550 e. The molecule has 6 heavy (non-hydrogen) atoms. The van der Waals surface area contributed by atoms with Crippen LogP contribution in [0.5, 0.6) is 0 Å². The number of rotatable bonds is 0. The van der Waals surface area contributed by atoms with E-state index in [0.717, 1.165) is 6.92 Å². The Hall–Kier alpha value is 0.300. The maximum atomic E-state index is 8.89. The van der Waals surface area contributed by atoms with Crippen LogP contribution >= 0.6 is 0 Å². The van der Waals surface area contributed by atoms with Crippen LogP contribution in [-0.2, 0) is 30.6 Å². The van der Waals surface area contributed by atoms with Crippen molar-refractivity contribution in [2.75, 3.05) is 0 Å². The van der Waals surface area contributed by atoms with Crippen molar-refractivity contribution in [3.63, 3.8) is 0 Å². The summed E-state index contributed by atoms with van der Waals surface area (Å²) in [6.07, 6.45) is 0. The second-order valence-electron chi connectivity index (χ2n) is 0.492. The van der Waals surface area contributed by atoms with Crippen LogP contribution in [0.25, 0.3) is 0 Å². The zero-order valence-corrected chi connectivity index (χ0v) is 5.20. The second-order valence-corrected chi connectivity index (χ2v) is 0.492. The van der Waals surface area contributed by atoms with Gasteiger partial charge in [0, 0.05) is 5.97 Å². The number of carboxylic acid groups (broad SMARTS) is 1. The van der Waals surface area contributed by atoms with Crippen molar-refractivity contribution in [2.24, 2.45) is 0 Å². The molecule has 0 aromatic heterocycles. The minimum atomic E-state index is -1.08. The van der Waals surface area contributed by atoms with Crippen LogP contribution in [0.1, 0.15) is 6.92 Å². The normalized spacial score (nSPS) is 4.17. The molecule has 2 N–H and O–H groups in total. The third kappa shape index (κ3) is 520. The first-order valence-electron chi connectivity index (χ1n) is 0.908. The van der Waals surface area contributed by atoms with Crippen molar-refractivity contribution in [1.82, 2.24) is 0 Å². The van der Waals surface area contributed by atoms with Crippen molar-refractivity contribution in [2.45, 2.75) is 6.92 Å². The third-order valence-electron chi connectivity index (χ3n) is 0. The zero-order valence-electron chi connectivity index (χ0n) is 3.39. The number of hydrogen-bond donors (Lipinski definition) is 0. The Balaban J connectivity index is -0.0000000450. The molecule has 0 heterocycles. The molecule has 0 atom stereocenters. The standard InChI is InChI=1S/C2H4O2.H2O.Sc/c1-2(3)4;;/h1H3,(H,3,4);1H2;/q;;+3/p-1. The van der Waals surface area contributed by atoms with Gasteiger partial charge in [0.25, 0.3) is 0 Å². The van der Waals surface area contributed by atoms with Gasteiger partial charge in [0.15, 0.2) is 0 Å². The first-order valence-corrected chi connectivity index (χ1v) is 0.908. The summed E-state index contributed by atoms with van der Waals surface area (Å²) in [5, 5.41) is 8.89. The van der Waals surface area contributed by atoms with Crippen LogP contribution in [0.3, 0.4) is 0 Å². The summed E-state index contributed by atoms with van der Waals surface area (Å²) in [5.74, 6) is -1.08. The Morgan fingerprint density at radius 3 is 1.67 bits per heavy atom. The molecular weight excluding hydrogens is 117 g/mol. The van der Waals surface area contributed by atoms with Gasteiger partial charge >= 0.3 is 25.8 Å². The molecule has 0 spiro atoms. The van der Waals surface area contributed by atoms with Gasteiger partial charge in [-0.2, -0.15) is 0 Å². The fourth-order valence-corrected chi connectivity index (χ4v) is 0. The van der Waals surface area contributed by atoms with E-state index < -0.39 is 5.97 Å². The summed E-state index contributed by atoms with van der Waals surface area (Å²) in [7, 11) is 0. The van der Waals surface area contributed by atoms with Gasteiger partial charge in [-0.25, -0.2) is 0 Å². The van der Waals surface area contributed by atoms with Crippen LogP contribution < -0.4 is 5.11 Å². The zero-order chi connectivity index (χ0) is 3.58. The molecule has 3 nitrogen and oxygen atoms in total. The molecule has 0 unspecified atom stereocenters. The first-order chi connectivity index (χ1) is 1.73. The van der Waals surface area contributed by atoms with E-state index in [1.165, 1.54) is 0 Å². The van der Waals surface area contributed by atoms with Crippen LogP contribution in [0.15, 0.2) is 0 Å². The van der Waals surface area contributed by atoms with Crippen LogP contribution in [0.4, 0.5) is 0 Å². The van der Waals surface area contributed by atoms with Gasteiger partial charge in [-0.05, 0) is 6.92 Å². The van der Waals surface area contributed by atoms with Crippen molar-refractivity contribution in [3.8, 4) is 0 Å². The maximum absolute atomic E-state index is 8.89. The molecule has 0 bridgehead atoms. The smallest absolute Gasteiger partial charge is 0.550 e. The molecule has 0 radical (unpaired) electrons. The summed E-state index contributed by atoms with van der Waals surface area (Å²) in [6.45, 7) is 0.972. The second kappa shape index (κ2) is 9.00. The molecule has 32 valence electrons. The Kier molecular flexibility index (Phi) is 24.4. The molecule has 0 aromatic rings. The van der Waals surface area contributed by atoms with Gasteiger partial charge in [-0.15, -0.1) is 0 Å². The van der Waals surface area contributed by atoms with Crippen molar-refractivity contribution in [3.05, 3.63) is 0 Å². The predicted octanol–water partition coefficient (Wildman–Crippen LogP) is -2.07. The molecule has 0 fully saturated rings. The molecule has 0 rings (SSSR count). The van der Waals surface area contributed by atoms with Gasteiger partial charge in [0.05, 0.1) is 0 Å². The predicted molar refractivity (Wildman–Crippen MR) is 14.3 cm³/mol. The fourth-order valence-electron chi connectivity index (χ4n) is 0. The molecule has 0 aliphatic rings. The van der Waals surface area contributed by atoms with E-state index in [9.17, 15) is 0 Å². The average molecular weight is 122 g/mol. The van der Waals surface area contributed by atoms with Gasteiger partial charge in [-0.3, -0.25) is 0 Å². The molecular formula is C2H5O3Sc+2. The Labute approximate surface area is 54.4 Å². The van der Waals surface area contributed by atoms with E-state index in [1.54, 1.807) is 0 Å². The van der Waals surface area contributed by atoms with Gasteiger partial charge in [-0.1, -0.05) is 0 Å². The topological polar surface area (TPSA) is 71.6 Å².